The number of rotatable bonds is 22. The minimum absolute atomic E-state index is 0.0294. The van der Waals surface area contributed by atoms with Crippen LogP contribution in [-0.2, 0) is 89.0 Å². The number of halogens is 1. The number of esters is 1. The van der Waals surface area contributed by atoms with Crippen LogP contribution in [0.1, 0.15) is 85.0 Å². The van der Waals surface area contributed by atoms with Crippen molar-refractivity contribution in [3.8, 4) is 11.4 Å². The number of pyridine rings is 2. The molecule has 4 aromatic rings. The van der Waals surface area contributed by atoms with Gasteiger partial charge in [0, 0.05) is 47.9 Å². The van der Waals surface area contributed by atoms with E-state index in [-0.39, 0.29) is 49.1 Å². The molecular formula is C53H59FN10O15. The van der Waals surface area contributed by atoms with Gasteiger partial charge >= 0.3 is 11.9 Å². The highest BCUT2D eigenvalue weighted by atomic mass is 19.1. The van der Waals surface area contributed by atoms with Crippen molar-refractivity contribution in [2.24, 2.45) is 5.92 Å². The van der Waals surface area contributed by atoms with Crippen molar-refractivity contribution in [3.05, 3.63) is 97.6 Å². The van der Waals surface area contributed by atoms with Crippen molar-refractivity contribution in [1.29, 1.82) is 0 Å². The maximum absolute atomic E-state index is 15.4. The normalized spacial score (nSPS) is 19.0. The minimum atomic E-state index is -2.07. The summed E-state index contributed by atoms with van der Waals surface area (Å²) in [5.41, 5.74) is 1.60. The molecular weight excluding hydrogens is 1040 g/mol. The number of ether oxygens (including phenoxy) is 2. The van der Waals surface area contributed by atoms with Crippen LogP contribution < -0.4 is 42.8 Å². The summed E-state index contributed by atoms with van der Waals surface area (Å²) in [4.78, 5) is 148. The number of nitrogens with zero attached hydrogens (tertiary/aromatic N) is 3. The van der Waals surface area contributed by atoms with E-state index in [1.807, 2.05) is 0 Å². The van der Waals surface area contributed by atoms with Crippen LogP contribution in [0.2, 0.25) is 0 Å². The lowest BCUT2D eigenvalue weighted by atomic mass is 9.81. The average molecular weight is 1100 g/mol. The van der Waals surface area contributed by atoms with Crippen molar-refractivity contribution < 1.29 is 72.0 Å². The van der Waals surface area contributed by atoms with E-state index in [4.69, 9.17) is 19.6 Å². The van der Waals surface area contributed by atoms with Gasteiger partial charge in [-0.3, -0.25) is 52.8 Å². The fraction of sp³-hybridized carbons (Fsp3) is 0.434. The highest BCUT2D eigenvalue weighted by Gasteiger charge is 2.47. The van der Waals surface area contributed by atoms with Crippen molar-refractivity contribution in [3.63, 3.8) is 0 Å². The first-order valence-electron chi connectivity index (χ1n) is 25.6. The molecule has 8 amide bonds. The van der Waals surface area contributed by atoms with Crippen LogP contribution >= 0.6 is 0 Å². The van der Waals surface area contributed by atoms with Gasteiger partial charge in [-0.15, -0.1) is 0 Å². The van der Waals surface area contributed by atoms with Gasteiger partial charge in [0.15, 0.2) is 5.60 Å². The third-order valence-corrected chi connectivity index (χ3v) is 14.5. The SMILES string of the molecule is CC[C@@]1(O)C(=O)OCc2c1cc1n(c2=O)Cc2c-1nc1cc(F)c(C)c3c1c2[C@H](NC(=O)C(C)OCNC(=O)CNC(=O)[C@H](Cc1ccccc1)NC(=O)CNC(=O)CNC(=O)[C@H](CNCC(=O)O)N1C(=O)CC(C)C1=O)CC3. The van der Waals surface area contributed by atoms with E-state index >= 15 is 4.39 Å². The summed E-state index contributed by atoms with van der Waals surface area (Å²) in [6.45, 7) is 2.52. The Labute approximate surface area is 449 Å². The number of aryl methyl sites for hydroxylation is 1. The molecule has 0 spiro atoms. The third kappa shape index (κ3) is 11.8. The standard InChI is InChI=1S/C53H59FN10O15/c1-5-53(77)32-15-37-46-30(22-63(37)51(75)31(32)23-78-52(53)76)45-34(12-11-29-26(3)33(54)16-35(61-46)44(29)45)62-47(71)27(4)79-24-59-40(66)19-57-48(72)36(14-28-9-7-6-8-10-28)60-41(67)20-56-39(65)18-58-49(73)38(17-55-21-43(69)70)64-42(68)13-25(2)50(64)74/h6-10,15-16,25,27,34,36,38,55,77H,5,11-14,17-24H2,1-4H3,(H,56,65)(H,57,72)(H,58,73)(H,59,66)(H,60,67)(H,62,71)(H,69,70)/t25?,27?,34-,36+,38+,53+/m1/s1. The Balaban J connectivity index is 0.848. The molecule has 1 fully saturated rings. The zero-order chi connectivity index (χ0) is 57.0. The molecule has 0 bridgehead atoms. The highest BCUT2D eigenvalue weighted by molar-refractivity contribution is 6.07. The quantitative estimate of drug-likeness (QED) is 0.0219. The molecule has 26 heteroatoms. The number of hydrogen-bond donors (Lipinski definition) is 9. The second-order valence-corrected chi connectivity index (χ2v) is 19.7. The van der Waals surface area contributed by atoms with Crippen molar-refractivity contribution >= 4 is 70.1 Å². The maximum atomic E-state index is 15.4. The van der Waals surface area contributed by atoms with Crippen molar-refractivity contribution in [1.82, 2.24) is 51.7 Å². The van der Waals surface area contributed by atoms with Crippen LogP contribution in [0.5, 0.6) is 0 Å². The second kappa shape index (κ2) is 23.6. The van der Waals surface area contributed by atoms with Crippen LogP contribution in [0.15, 0.2) is 47.3 Å². The lowest BCUT2D eigenvalue weighted by Gasteiger charge is -2.31. The molecule has 2 aromatic heterocycles. The number of aliphatic carboxylic acids is 1. The number of aliphatic hydroxyl groups is 1. The molecule has 25 nitrogen and oxygen atoms in total. The number of aromatic nitrogens is 2. The summed E-state index contributed by atoms with van der Waals surface area (Å²) >= 11 is 0. The van der Waals surface area contributed by atoms with Gasteiger partial charge in [-0.25, -0.2) is 14.2 Å². The molecule has 1 saturated heterocycles. The number of likely N-dealkylation sites (tertiary alicyclic amines) is 1. The summed E-state index contributed by atoms with van der Waals surface area (Å²) in [5.74, 6) is -9.28. The predicted molar refractivity (Wildman–Crippen MR) is 273 cm³/mol. The molecule has 4 aliphatic rings. The summed E-state index contributed by atoms with van der Waals surface area (Å²) < 4.78 is 27.8. The Morgan fingerprint density at radius 1 is 0.899 bits per heavy atom. The predicted octanol–water partition coefficient (Wildman–Crippen LogP) is -1.38. The number of carboxylic acid groups (broad SMARTS) is 1. The first-order valence-corrected chi connectivity index (χ1v) is 25.6. The fourth-order valence-corrected chi connectivity index (χ4v) is 10.2. The second-order valence-electron chi connectivity index (χ2n) is 19.7. The van der Waals surface area contributed by atoms with E-state index in [1.165, 1.54) is 24.5 Å². The van der Waals surface area contributed by atoms with Crippen LogP contribution in [0, 0.1) is 18.7 Å². The molecule has 6 atom stereocenters. The smallest absolute Gasteiger partial charge is 0.343 e. The third-order valence-electron chi connectivity index (χ3n) is 14.5. The zero-order valence-corrected chi connectivity index (χ0v) is 43.5. The Bertz CT molecular complexity index is 3260. The average Bonchev–Trinajstić information content (AvgIpc) is 4.19. The molecule has 0 saturated carbocycles. The number of carbonyl (C=O) groups is 10. The molecule has 8 rings (SSSR count). The highest BCUT2D eigenvalue weighted by Crippen LogP contribution is 2.46. The van der Waals surface area contributed by atoms with E-state index in [2.05, 4.69) is 37.2 Å². The van der Waals surface area contributed by atoms with Crippen LogP contribution in [-0.4, -0.2) is 142 Å². The lowest BCUT2D eigenvalue weighted by molar-refractivity contribution is -0.172. The maximum Gasteiger partial charge on any atom is 0.343 e. The van der Waals surface area contributed by atoms with Gasteiger partial charge in [0.2, 0.25) is 47.3 Å². The molecule has 1 aliphatic carbocycles. The van der Waals surface area contributed by atoms with Crippen LogP contribution in [0.25, 0.3) is 22.3 Å². The monoisotopic (exact) mass is 1090 g/mol. The largest absolute Gasteiger partial charge is 0.480 e. The van der Waals surface area contributed by atoms with Crippen LogP contribution in [0.3, 0.4) is 0 Å². The van der Waals surface area contributed by atoms with Gasteiger partial charge < -0.3 is 61.5 Å². The van der Waals surface area contributed by atoms with Crippen molar-refractivity contribution in [2.75, 3.05) is 39.5 Å². The topological polar surface area (TPSA) is 352 Å². The Hall–Kier alpha value is -8.49. The fourth-order valence-electron chi connectivity index (χ4n) is 10.2. The molecule has 3 aliphatic heterocycles. The molecule has 0 radical (unpaired) electrons. The molecule has 2 unspecified atom stereocenters. The number of nitrogens with one attached hydrogen (secondary N) is 7. The number of carbonyl (C=O) groups excluding carboxylic acids is 9. The van der Waals surface area contributed by atoms with E-state index in [0.717, 1.165) is 4.90 Å². The summed E-state index contributed by atoms with van der Waals surface area (Å²) in [7, 11) is 0. The van der Waals surface area contributed by atoms with E-state index < -0.39 is 146 Å². The van der Waals surface area contributed by atoms with Gasteiger partial charge in [-0.2, -0.15) is 0 Å². The number of imide groups is 1. The molecule has 418 valence electrons. The summed E-state index contributed by atoms with van der Waals surface area (Å²) in [6.07, 6.45) is -0.680. The Morgan fingerprint density at radius 2 is 1.59 bits per heavy atom. The van der Waals surface area contributed by atoms with E-state index in [9.17, 15) is 57.8 Å². The number of benzene rings is 2. The van der Waals surface area contributed by atoms with Gasteiger partial charge in [0.25, 0.3) is 5.56 Å². The summed E-state index contributed by atoms with van der Waals surface area (Å²) in [5, 5.41) is 38.5. The Kier molecular flexibility index (Phi) is 17.0. The first-order chi connectivity index (χ1) is 37.6. The Morgan fingerprint density at radius 3 is 2.28 bits per heavy atom. The van der Waals surface area contributed by atoms with Crippen molar-refractivity contribution in [2.45, 2.75) is 103 Å². The van der Waals surface area contributed by atoms with E-state index in [0.29, 0.717) is 57.4 Å². The molecule has 9 N–H and O–H groups in total. The lowest BCUT2D eigenvalue weighted by Crippen LogP contribution is -2.56. The zero-order valence-electron chi connectivity index (χ0n) is 43.5. The number of fused-ring (bicyclic) bond motifs is 5. The molecule has 2 aromatic carbocycles. The van der Waals surface area contributed by atoms with E-state index in [1.54, 1.807) is 50.2 Å². The van der Waals surface area contributed by atoms with Gasteiger partial charge in [0.05, 0.1) is 61.2 Å². The van der Waals surface area contributed by atoms with Gasteiger partial charge in [-0.05, 0) is 61.4 Å². The first kappa shape index (κ1) is 56.7. The number of carboxylic acids is 1. The number of cyclic esters (lactones) is 1. The van der Waals surface area contributed by atoms with Gasteiger partial charge in [0.1, 0.15) is 37.3 Å². The number of hydrogen-bond acceptors (Lipinski definition) is 16. The minimum Gasteiger partial charge on any atom is -0.480 e. The number of amides is 8. The molecule has 79 heavy (non-hydrogen) atoms. The van der Waals surface area contributed by atoms with Gasteiger partial charge in [-0.1, -0.05) is 44.2 Å². The molecule has 5 heterocycles. The summed E-state index contributed by atoms with van der Waals surface area (Å²) in [6, 6.07) is 8.04. The van der Waals surface area contributed by atoms with Crippen LogP contribution in [0.4, 0.5) is 4.39 Å².